The van der Waals surface area contributed by atoms with Gasteiger partial charge in [0.1, 0.15) is 0 Å². The normalized spacial score (nSPS) is 13.1. The molecule has 0 aliphatic heterocycles. The molecule has 0 fully saturated rings. The summed E-state index contributed by atoms with van der Waals surface area (Å²) in [4.78, 5) is 20.9. The van der Waals surface area contributed by atoms with Crippen LogP contribution in [-0.2, 0) is 14.1 Å². The zero-order chi connectivity index (χ0) is 22.3. The van der Waals surface area contributed by atoms with E-state index in [2.05, 4.69) is 13.5 Å². The second-order valence-corrected chi connectivity index (χ2v) is 11.3. The summed E-state index contributed by atoms with van der Waals surface area (Å²) in [5.74, 6) is -0.435. The Labute approximate surface area is 186 Å². The van der Waals surface area contributed by atoms with Crippen LogP contribution in [0.15, 0.2) is 12.7 Å². The summed E-state index contributed by atoms with van der Waals surface area (Å²) in [7, 11) is -3.01. The molecule has 0 bridgehead atoms. The van der Waals surface area contributed by atoms with Gasteiger partial charge in [-0.05, 0) is 19.3 Å². The summed E-state index contributed by atoms with van der Waals surface area (Å²) < 4.78 is 17.0. The van der Waals surface area contributed by atoms with Gasteiger partial charge in [0.15, 0.2) is 0 Å². The molecule has 0 radical (unpaired) electrons. The van der Waals surface area contributed by atoms with Gasteiger partial charge in [-0.1, -0.05) is 110 Å². The molecule has 178 valence electrons. The molecule has 0 aliphatic rings. The molecule has 0 aromatic heterocycles. The molecular formula is C25H49O4P. The standard InChI is InChI=1S/C25H49O4P/c1-3-5-6-7-8-9-10-11-12-13-14-15-16-17-18-20-23-30(27,28)24-21-19-22-29-25(26)4-2/h4H,2-3,5-24H2,1H3,(H,27,28). The first-order valence-electron chi connectivity index (χ1n) is 12.6. The van der Waals surface area contributed by atoms with Gasteiger partial charge in [-0.3, -0.25) is 4.57 Å². The number of hydrogen-bond donors (Lipinski definition) is 1. The fourth-order valence-electron chi connectivity index (χ4n) is 3.71. The highest BCUT2D eigenvalue weighted by Crippen LogP contribution is 2.42. The highest BCUT2D eigenvalue weighted by molar-refractivity contribution is 7.57. The Balaban J connectivity index is 3.31. The summed E-state index contributed by atoms with van der Waals surface area (Å²) in [5, 5.41) is 0. The van der Waals surface area contributed by atoms with Crippen molar-refractivity contribution >= 4 is 13.3 Å². The molecule has 5 heteroatoms. The second kappa shape index (κ2) is 21.6. The molecule has 0 aromatic rings. The molecule has 30 heavy (non-hydrogen) atoms. The minimum atomic E-state index is -3.01. The smallest absolute Gasteiger partial charge is 0.330 e. The fourth-order valence-corrected chi connectivity index (χ4v) is 5.37. The fraction of sp³-hybridized carbons (Fsp3) is 0.880. The summed E-state index contributed by atoms with van der Waals surface area (Å²) in [5.41, 5.74) is 0. The van der Waals surface area contributed by atoms with Crippen molar-refractivity contribution < 1.29 is 19.0 Å². The molecule has 1 N–H and O–H groups in total. The lowest BCUT2D eigenvalue weighted by Gasteiger charge is -2.11. The van der Waals surface area contributed by atoms with E-state index in [9.17, 15) is 14.3 Å². The van der Waals surface area contributed by atoms with Crippen molar-refractivity contribution in [3.8, 4) is 0 Å². The van der Waals surface area contributed by atoms with E-state index in [0.717, 1.165) is 18.9 Å². The molecule has 1 atom stereocenters. The van der Waals surface area contributed by atoms with Crippen LogP contribution < -0.4 is 0 Å². The Morgan fingerprint density at radius 1 is 0.733 bits per heavy atom. The van der Waals surface area contributed by atoms with E-state index < -0.39 is 13.3 Å². The van der Waals surface area contributed by atoms with Crippen molar-refractivity contribution in [2.24, 2.45) is 0 Å². The summed E-state index contributed by atoms with van der Waals surface area (Å²) in [6.45, 7) is 5.90. The second-order valence-electron chi connectivity index (χ2n) is 8.68. The van der Waals surface area contributed by atoms with Gasteiger partial charge in [0.2, 0.25) is 7.37 Å². The molecule has 0 amide bonds. The molecule has 0 rings (SSSR count). The Hall–Kier alpha value is -0.600. The maximum Gasteiger partial charge on any atom is 0.330 e. The van der Waals surface area contributed by atoms with E-state index in [4.69, 9.17) is 4.74 Å². The summed E-state index contributed by atoms with van der Waals surface area (Å²) >= 11 is 0. The molecule has 0 heterocycles. The summed E-state index contributed by atoms with van der Waals surface area (Å²) in [6.07, 6.45) is 24.1. The maximum absolute atomic E-state index is 12.1. The molecule has 0 aromatic carbocycles. The number of hydrogen-bond acceptors (Lipinski definition) is 3. The third-order valence-electron chi connectivity index (χ3n) is 5.67. The van der Waals surface area contributed by atoms with E-state index in [-0.39, 0.29) is 0 Å². The van der Waals surface area contributed by atoms with Gasteiger partial charge in [0.25, 0.3) is 0 Å². The van der Waals surface area contributed by atoms with Gasteiger partial charge in [-0.15, -0.1) is 0 Å². The van der Waals surface area contributed by atoms with Gasteiger partial charge in [-0.2, -0.15) is 0 Å². The number of ether oxygens (including phenoxy) is 1. The first-order chi connectivity index (χ1) is 14.5. The van der Waals surface area contributed by atoms with E-state index in [1.165, 1.54) is 89.9 Å². The maximum atomic E-state index is 12.1. The van der Waals surface area contributed by atoms with Crippen molar-refractivity contribution in [3.05, 3.63) is 12.7 Å². The molecular weight excluding hydrogens is 395 g/mol. The number of unbranched alkanes of at least 4 members (excludes halogenated alkanes) is 16. The van der Waals surface area contributed by atoms with Gasteiger partial charge >= 0.3 is 5.97 Å². The van der Waals surface area contributed by atoms with Crippen LogP contribution in [0.4, 0.5) is 0 Å². The van der Waals surface area contributed by atoms with Crippen LogP contribution in [0.1, 0.15) is 122 Å². The van der Waals surface area contributed by atoms with Gasteiger partial charge in [-0.25, -0.2) is 4.79 Å². The molecule has 1 unspecified atom stereocenters. The average Bonchev–Trinajstić information content (AvgIpc) is 2.72. The largest absolute Gasteiger partial charge is 0.463 e. The lowest BCUT2D eigenvalue weighted by molar-refractivity contribution is -0.137. The third-order valence-corrected chi connectivity index (χ3v) is 7.70. The van der Waals surface area contributed by atoms with E-state index in [1.54, 1.807) is 0 Å². The predicted molar refractivity (Wildman–Crippen MR) is 129 cm³/mol. The molecule has 0 saturated heterocycles. The van der Waals surface area contributed by atoms with Crippen molar-refractivity contribution in [1.82, 2.24) is 0 Å². The lowest BCUT2D eigenvalue weighted by Crippen LogP contribution is -2.03. The highest BCUT2D eigenvalue weighted by atomic mass is 31.2. The van der Waals surface area contributed by atoms with Crippen molar-refractivity contribution in [2.45, 2.75) is 122 Å². The molecule has 0 saturated carbocycles. The van der Waals surface area contributed by atoms with E-state index >= 15 is 0 Å². The quantitative estimate of drug-likeness (QED) is 0.0750. The topological polar surface area (TPSA) is 63.6 Å². The van der Waals surface area contributed by atoms with Gasteiger partial charge in [0, 0.05) is 18.4 Å². The highest BCUT2D eigenvalue weighted by Gasteiger charge is 2.16. The van der Waals surface area contributed by atoms with Crippen molar-refractivity contribution in [3.63, 3.8) is 0 Å². The zero-order valence-electron chi connectivity index (χ0n) is 19.8. The van der Waals surface area contributed by atoms with Crippen molar-refractivity contribution in [1.29, 1.82) is 0 Å². The van der Waals surface area contributed by atoms with Crippen molar-refractivity contribution in [2.75, 3.05) is 18.9 Å². The first kappa shape index (κ1) is 29.4. The number of carbonyl (C=O) groups is 1. The van der Waals surface area contributed by atoms with Crippen LogP contribution in [0.5, 0.6) is 0 Å². The SMILES string of the molecule is C=CC(=O)OCCCCP(=O)(O)CCCCCCCCCCCCCCCCCC. The van der Waals surface area contributed by atoms with Crippen LogP contribution in [0.3, 0.4) is 0 Å². The van der Waals surface area contributed by atoms with Gasteiger partial charge < -0.3 is 9.63 Å². The van der Waals surface area contributed by atoms with Crippen LogP contribution in [-0.4, -0.2) is 29.8 Å². The van der Waals surface area contributed by atoms with E-state index in [0.29, 0.717) is 31.8 Å². The third kappa shape index (κ3) is 22.1. The van der Waals surface area contributed by atoms with Crippen LogP contribution >= 0.6 is 7.37 Å². The minimum absolute atomic E-state index is 0.296. The summed E-state index contributed by atoms with van der Waals surface area (Å²) in [6, 6.07) is 0. The zero-order valence-corrected chi connectivity index (χ0v) is 20.6. The monoisotopic (exact) mass is 444 g/mol. The van der Waals surface area contributed by atoms with Crippen LogP contribution in [0, 0.1) is 0 Å². The van der Waals surface area contributed by atoms with Crippen LogP contribution in [0.2, 0.25) is 0 Å². The number of rotatable bonds is 23. The molecule has 0 aliphatic carbocycles. The molecule has 4 nitrogen and oxygen atoms in total. The minimum Gasteiger partial charge on any atom is -0.463 e. The Bertz CT molecular complexity index is 450. The number of esters is 1. The van der Waals surface area contributed by atoms with E-state index in [1.807, 2.05) is 0 Å². The number of carbonyl (C=O) groups excluding carboxylic acids is 1. The average molecular weight is 445 g/mol. The molecule has 0 spiro atoms. The predicted octanol–water partition coefficient (Wildman–Crippen LogP) is 8.03. The van der Waals surface area contributed by atoms with Crippen LogP contribution in [0.25, 0.3) is 0 Å². The Morgan fingerprint density at radius 2 is 1.10 bits per heavy atom. The first-order valence-corrected chi connectivity index (χ1v) is 14.6. The van der Waals surface area contributed by atoms with Gasteiger partial charge in [0.05, 0.1) is 6.61 Å². The lowest BCUT2D eigenvalue weighted by atomic mass is 10.0. The Morgan fingerprint density at radius 3 is 1.50 bits per heavy atom. The Kier molecular flexibility index (Phi) is 21.2.